The number of carboxylic acid groups (broad SMARTS) is 1. The predicted molar refractivity (Wildman–Crippen MR) is 126 cm³/mol. The molecule has 1 heterocycles. The normalized spacial score (nSPS) is 16.7. The molecule has 1 aliphatic heterocycles. The molecule has 6 nitrogen and oxygen atoms in total. The lowest BCUT2D eigenvalue weighted by Gasteiger charge is -2.23. The van der Waals surface area contributed by atoms with E-state index in [-0.39, 0.29) is 49.6 Å². The van der Waals surface area contributed by atoms with Gasteiger partial charge in [-0.1, -0.05) is 12.1 Å². The molecule has 1 aliphatic rings. The zero-order valence-corrected chi connectivity index (χ0v) is 19.3. The van der Waals surface area contributed by atoms with Gasteiger partial charge in [-0.15, -0.1) is 49.6 Å². The smallest absolute Gasteiger partial charge is 0.335 e. The number of nitrogens with zero attached hydrogens (tertiary/aromatic N) is 1. The van der Waals surface area contributed by atoms with Gasteiger partial charge in [0.2, 0.25) is 0 Å². The Morgan fingerprint density at radius 2 is 1.32 bits per heavy atom. The number of carboxylic acids is 1. The molecule has 4 N–H and O–H groups in total. The standard InChI is InChI=1S/C18H30N4O2.4ClH/c23-18(24)17-5-3-16(4-6-17)15-22-13-2-1-7-19-8-9-20-10-11-21-12-14-22;;;;/h3-6,19-21H,1-2,7-15H2,(H,23,24);4*1H. The fraction of sp³-hybridized carbons (Fsp3) is 0.611. The van der Waals surface area contributed by atoms with E-state index in [1.54, 1.807) is 12.1 Å². The van der Waals surface area contributed by atoms with Gasteiger partial charge < -0.3 is 21.1 Å². The molecule has 0 saturated carbocycles. The van der Waals surface area contributed by atoms with Gasteiger partial charge in [0.15, 0.2) is 0 Å². The van der Waals surface area contributed by atoms with Gasteiger partial charge in [0, 0.05) is 45.8 Å². The summed E-state index contributed by atoms with van der Waals surface area (Å²) in [6.07, 6.45) is 2.36. The summed E-state index contributed by atoms with van der Waals surface area (Å²) < 4.78 is 0. The molecule has 0 aromatic heterocycles. The third-order valence-corrected chi connectivity index (χ3v) is 4.25. The van der Waals surface area contributed by atoms with E-state index in [2.05, 4.69) is 20.9 Å². The summed E-state index contributed by atoms with van der Waals surface area (Å²) in [7, 11) is 0. The maximum absolute atomic E-state index is 10.9. The molecule has 0 bridgehead atoms. The molecule has 0 radical (unpaired) electrons. The fourth-order valence-corrected chi connectivity index (χ4v) is 2.83. The first kappa shape index (κ1) is 32.4. The molecule has 2 rings (SSSR count). The third-order valence-electron chi connectivity index (χ3n) is 4.25. The maximum atomic E-state index is 10.9. The Balaban J connectivity index is -0.00000156. The molecule has 0 spiro atoms. The van der Waals surface area contributed by atoms with Gasteiger partial charge in [0.1, 0.15) is 0 Å². The molecule has 0 aliphatic carbocycles. The Labute approximate surface area is 193 Å². The molecule has 166 valence electrons. The minimum atomic E-state index is -0.870. The summed E-state index contributed by atoms with van der Waals surface area (Å²) >= 11 is 0. The molecule has 1 fully saturated rings. The van der Waals surface area contributed by atoms with Crippen molar-refractivity contribution >= 4 is 55.6 Å². The minimum Gasteiger partial charge on any atom is -0.478 e. The fourth-order valence-electron chi connectivity index (χ4n) is 2.83. The van der Waals surface area contributed by atoms with Crippen molar-refractivity contribution in [3.05, 3.63) is 35.4 Å². The Kier molecular flexibility index (Phi) is 23.1. The van der Waals surface area contributed by atoms with E-state index in [9.17, 15) is 4.79 Å². The van der Waals surface area contributed by atoms with E-state index in [0.717, 1.165) is 58.9 Å². The average Bonchev–Trinajstić information content (AvgIpc) is 2.58. The first-order valence-corrected chi connectivity index (χ1v) is 8.92. The van der Waals surface area contributed by atoms with Gasteiger partial charge in [-0.05, 0) is 43.6 Å². The van der Waals surface area contributed by atoms with Crippen molar-refractivity contribution in [2.75, 3.05) is 52.4 Å². The molecule has 0 amide bonds. The van der Waals surface area contributed by atoms with Gasteiger partial charge in [-0.3, -0.25) is 4.90 Å². The van der Waals surface area contributed by atoms with Crippen LogP contribution in [0, 0.1) is 0 Å². The molecule has 10 heteroatoms. The van der Waals surface area contributed by atoms with Crippen LogP contribution in [0.15, 0.2) is 24.3 Å². The topological polar surface area (TPSA) is 76.6 Å². The van der Waals surface area contributed by atoms with Crippen molar-refractivity contribution in [2.24, 2.45) is 0 Å². The number of hydrogen-bond acceptors (Lipinski definition) is 5. The highest BCUT2D eigenvalue weighted by molar-refractivity contribution is 5.87. The lowest BCUT2D eigenvalue weighted by atomic mass is 10.1. The van der Waals surface area contributed by atoms with E-state index in [0.29, 0.717) is 5.56 Å². The first-order valence-electron chi connectivity index (χ1n) is 8.92. The molecular formula is C18H34Cl4N4O2. The molecule has 1 saturated heterocycles. The quantitative estimate of drug-likeness (QED) is 0.533. The summed E-state index contributed by atoms with van der Waals surface area (Å²) in [4.78, 5) is 13.4. The lowest BCUT2D eigenvalue weighted by Crippen LogP contribution is -2.37. The van der Waals surface area contributed by atoms with Crippen LogP contribution in [0.1, 0.15) is 28.8 Å². The second-order valence-electron chi connectivity index (χ2n) is 6.24. The van der Waals surface area contributed by atoms with Crippen LogP contribution in [0.2, 0.25) is 0 Å². The SMILES string of the molecule is Cl.Cl.Cl.Cl.O=C(O)c1ccc(CN2CCCCNCCNCCNCC2)cc1. The van der Waals surface area contributed by atoms with Crippen LogP contribution in [-0.2, 0) is 6.54 Å². The molecule has 0 unspecified atom stereocenters. The summed E-state index contributed by atoms with van der Waals surface area (Å²) in [5.41, 5.74) is 1.51. The van der Waals surface area contributed by atoms with Crippen LogP contribution < -0.4 is 16.0 Å². The van der Waals surface area contributed by atoms with E-state index < -0.39 is 5.97 Å². The zero-order chi connectivity index (χ0) is 17.0. The number of carbonyl (C=O) groups is 1. The van der Waals surface area contributed by atoms with Crippen molar-refractivity contribution in [2.45, 2.75) is 19.4 Å². The summed E-state index contributed by atoms with van der Waals surface area (Å²) in [5, 5.41) is 19.3. The molecule has 28 heavy (non-hydrogen) atoms. The third kappa shape index (κ3) is 13.8. The number of hydrogen-bond donors (Lipinski definition) is 4. The van der Waals surface area contributed by atoms with Crippen LogP contribution in [0.3, 0.4) is 0 Å². The van der Waals surface area contributed by atoms with Crippen molar-refractivity contribution in [3.63, 3.8) is 0 Å². The van der Waals surface area contributed by atoms with Crippen LogP contribution in [0.25, 0.3) is 0 Å². The maximum Gasteiger partial charge on any atom is 0.335 e. The summed E-state index contributed by atoms with van der Waals surface area (Å²) in [5.74, 6) is -0.870. The summed E-state index contributed by atoms with van der Waals surface area (Å²) in [6.45, 7) is 9.04. The van der Waals surface area contributed by atoms with Gasteiger partial charge in [-0.25, -0.2) is 4.79 Å². The predicted octanol–water partition coefficient (Wildman–Crippen LogP) is 2.44. The van der Waals surface area contributed by atoms with Crippen molar-refractivity contribution < 1.29 is 9.90 Å². The highest BCUT2D eigenvalue weighted by atomic mass is 35.5. The number of rotatable bonds is 3. The van der Waals surface area contributed by atoms with Gasteiger partial charge >= 0.3 is 5.97 Å². The van der Waals surface area contributed by atoms with Gasteiger partial charge in [0.25, 0.3) is 0 Å². The van der Waals surface area contributed by atoms with E-state index in [1.165, 1.54) is 18.4 Å². The van der Waals surface area contributed by atoms with Gasteiger partial charge in [0.05, 0.1) is 5.56 Å². The monoisotopic (exact) mass is 478 g/mol. The van der Waals surface area contributed by atoms with Crippen LogP contribution in [0.5, 0.6) is 0 Å². The lowest BCUT2D eigenvalue weighted by molar-refractivity contribution is 0.0697. The van der Waals surface area contributed by atoms with E-state index >= 15 is 0 Å². The Morgan fingerprint density at radius 3 is 1.89 bits per heavy atom. The molecule has 1 aromatic rings. The second-order valence-corrected chi connectivity index (χ2v) is 6.24. The minimum absolute atomic E-state index is 0. The van der Waals surface area contributed by atoms with Crippen molar-refractivity contribution in [1.82, 2.24) is 20.9 Å². The number of halogens is 4. The highest BCUT2D eigenvalue weighted by Gasteiger charge is 2.08. The van der Waals surface area contributed by atoms with Crippen LogP contribution >= 0.6 is 49.6 Å². The van der Waals surface area contributed by atoms with Crippen LogP contribution in [-0.4, -0.2) is 68.3 Å². The second kappa shape index (κ2) is 20.0. The summed E-state index contributed by atoms with van der Waals surface area (Å²) in [6, 6.07) is 7.23. The molecule has 0 atom stereocenters. The first-order chi connectivity index (χ1) is 11.8. The Hall–Kier alpha value is -0.310. The van der Waals surface area contributed by atoms with Gasteiger partial charge in [-0.2, -0.15) is 0 Å². The van der Waals surface area contributed by atoms with Crippen molar-refractivity contribution in [3.8, 4) is 0 Å². The highest BCUT2D eigenvalue weighted by Crippen LogP contribution is 2.08. The van der Waals surface area contributed by atoms with Crippen LogP contribution in [0.4, 0.5) is 0 Å². The average molecular weight is 480 g/mol. The largest absolute Gasteiger partial charge is 0.478 e. The zero-order valence-electron chi connectivity index (χ0n) is 16.0. The number of aromatic carboxylic acids is 1. The number of nitrogens with one attached hydrogen (secondary N) is 3. The van der Waals surface area contributed by atoms with E-state index in [4.69, 9.17) is 5.11 Å². The molecular weight excluding hydrogens is 446 g/mol. The molecule has 1 aromatic carbocycles. The van der Waals surface area contributed by atoms with E-state index in [1.807, 2.05) is 12.1 Å². The Morgan fingerprint density at radius 1 is 0.786 bits per heavy atom. The number of benzene rings is 1. The van der Waals surface area contributed by atoms with Crippen molar-refractivity contribution in [1.29, 1.82) is 0 Å². The Bertz CT molecular complexity index is 481.